The van der Waals surface area contributed by atoms with Crippen LogP contribution in [0.1, 0.15) is 38.5 Å². The van der Waals surface area contributed by atoms with Crippen molar-refractivity contribution in [3.05, 3.63) is 0 Å². The summed E-state index contributed by atoms with van der Waals surface area (Å²) in [7, 11) is 2.20. The first kappa shape index (κ1) is 13.5. The van der Waals surface area contributed by atoms with Crippen LogP contribution in [0.3, 0.4) is 0 Å². The lowest BCUT2D eigenvalue weighted by Crippen LogP contribution is -2.59. The number of hydrogen-bond acceptors (Lipinski definition) is 3. The van der Waals surface area contributed by atoms with Gasteiger partial charge in [-0.2, -0.15) is 0 Å². The van der Waals surface area contributed by atoms with E-state index in [4.69, 9.17) is 4.74 Å². The van der Waals surface area contributed by atoms with E-state index < -0.39 is 0 Å². The number of hydrogen-bond donors (Lipinski definition) is 1. The molecule has 0 spiro atoms. The van der Waals surface area contributed by atoms with E-state index >= 15 is 0 Å². The molecule has 114 valence electrons. The third kappa shape index (κ3) is 2.32. The van der Waals surface area contributed by atoms with Gasteiger partial charge in [0, 0.05) is 25.7 Å². The number of morpholine rings is 1. The topological polar surface area (TPSA) is 24.5 Å². The zero-order chi connectivity index (χ0) is 13.6. The van der Waals surface area contributed by atoms with Gasteiger partial charge in [0.05, 0.1) is 13.2 Å². The van der Waals surface area contributed by atoms with Crippen molar-refractivity contribution in [2.75, 3.05) is 39.9 Å². The second-order valence-corrected chi connectivity index (χ2v) is 8.03. The van der Waals surface area contributed by atoms with Gasteiger partial charge in [0.1, 0.15) is 0 Å². The maximum atomic E-state index is 5.50. The van der Waals surface area contributed by atoms with Crippen molar-refractivity contribution in [3.8, 4) is 0 Å². The highest BCUT2D eigenvalue weighted by atomic mass is 16.5. The normalized spacial score (nSPS) is 45.8. The summed E-state index contributed by atoms with van der Waals surface area (Å²) in [6, 6.07) is 0.703. The highest BCUT2D eigenvalue weighted by Gasteiger charge is 2.53. The molecular formula is C17H30N2O. The van der Waals surface area contributed by atoms with Crippen molar-refractivity contribution in [2.45, 2.75) is 44.6 Å². The Balaban J connectivity index is 1.48. The van der Waals surface area contributed by atoms with Crippen LogP contribution >= 0.6 is 0 Å². The Morgan fingerprint density at radius 1 is 1.05 bits per heavy atom. The predicted molar refractivity (Wildman–Crippen MR) is 80.7 cm³/mol. The average molecular weight is 278 g/mol. The van der Waals surface area contributed by atoms with E-state index in [0.29, 0.717) is 11.5 Å². The van der Waals surface area contributed by atoms with Gasteiger partial charge in [0.15, 0.2) is 0 Å². The fourth-order valence-electron chi connectivity index (χ4n) is 6.24. The molecule has 0 aromatic carbocycles. The van der Waals surface area contributed by atoms with E-state index in [1.165, 1.54) is 25.8 Å². The van der Waals surface area contributed by atoms with Crippen LogP contribution < -0.4 is 5.32 Å². The first-order valence-corrected chi connectivity index (χ1v) is 8.75. The minimum Gasteiger partial charge on any atom is -0.379 e. The average Bonchev–Trinajstić information content (AvgIpc) is 2.44. The first-order valence-electron chi connectivity index (χ1n) is 8.75. The molecule has 0 aromatic heterocycles. The molecule has 5 aliphatic rings. The van der Waals surface area contributed by atoms with Crippen LogP contribution in [0.4, 0.5) is 0 Å². The summed E-state index contributed by atoms with van der Waals surface area (Å²) >= 11 is 0. The highest BCUT2D eigenvalue weighted by molar-refractivity contribution is 5.06. The second-order valence-electron chi connectivity index (χ2n) is 8.03. The minimum atomic E-state index is 0.627. The van der Waals surface area contributed by atoms with Gasteiger partial charge in [-0.15, -0.1) is 0 Å². The molecule has 20 heavy (non-hydrogen) atoms. The molecule has 3 heteroatoms. The van der Waals surface area contributed by atoms with Gasteiger partial charge in [0.2, 0.25) is 0 Å². The third-order valence-corrected chi connectivity index (χ3v) is 6.72. The van der Waals surface area contributed by atoms with E-state index in [1.54, 1.807) is 19.3 Å². The zero-order valence-electron chi connectivity index (χ0n) is 12.9. The maximum absolute atomic E-state index is 5.50. The van der Waals surface area contributed by atoms with E-state index in [2.05, 4.69) is 17.3 Å². The van der Waals surface area contributed by atoms with Crippen molar-refractivity contribution in [1.29, 1.82) is 0 Å². The quantitative estimate of drug-likeness (QED) is 0.852. The molecule has 3 nitrogen and oxygen atoms in total. The van der Waals surface area contributed by atoms with Crippen LogP contribution in [0.2, 0.25) is 0 Å². The van der Waals surface area contributed by atoms with Crippen molar-refractivity contribution < 1.29 is 4.74 Å². The molecule has 5 rings (SSSR count). The van der Waals surface area contributed by atoms with Crippen molar-refractivity contribution in [3.63, 3.8) is 0 Å². The summed E-state index contributed by atoms with van der Waals surface area (Å²) in [4.78, 5) is 2.63. The predicted octanol–water partition coefficient (Wildman–Crippen LogP) is 2.12. The molecule has 0 aromatic rings. The molecular weight excluding hydrogens is 248 g/mol. The summed E-state index contributed by atoms with van der Waals surface area (Å²) in [5, 5.41) is 3.72. The van der Waals surface area contributed by atoms with Crippen LogP contribution in [-0.4, -0.2) is 50.8 Å². The Morgan fingerprint density at radius 2 is 1.60 bits per heavy atom. The number of likely N-dealkylation sites (N-methyl/N-ethyl adjacent to an activating group) is 1. The van der Waals surface area contributed by atoms with E-state index in [0.717, 1.165) is 44.1 Å². The minimum absolute atomic E-state index is 0.627. The maximum Gasteiger partial charge on any atom is 0.0594 e. The van der Waals surface area contributed by atoms with Gasteiger partial charge >= 0.3 is 0 Å². The van der Waals surface area contributed by atoms with Gasteiger partial charge in [-0.1, -0.05) is 0 Å². The van der Waals surface area contributed by atoms with E-state index in [-0.39, 0.29) is 0 Å². The van der Waals surface area contributed by atoms with E-state index in [9.17, 15) is 0 Å². The summed E-state index contributed by atoms with van der Waals surface area (Å²) in [5.41, 5.74) is 0.627. The largest absolute Gasteiger partial charge is 0.379 e. The zero-order valence-corrected chi connectivity index (χ0v) is 12.9. The van der Waals surface area contributed by atoms with Crippen LogP contribution in [0.25, 0.3) is 0 Å². The second kappa shape index (κ2) is 5.26. The Kier molecular flexibility index (Phi) is 3.56. The van der Waals surface area contributed by atoms with Gasteiger partial charge in [-0.25, -0.2) is 0 Å². The number of rotatable bonds is 4. The lowest BCUT2D eigenvalue weighted by atomic mass is 9.47. The van der Waals surface area contributed by atoms with Crippen LogP contribution in [-0.2, 0) is 4.74 Å². The molecule has 1 atom stereocenters. The van der Waals surface area contributed by atoms with Crippen molar-refractivity contribution in [1.82, 2.24) is 10.2 Å². The monoisotopic (exact) mass is 278 g/mol. The molecule has 4 saturated carbocycles. The summed E-state index contributed by atoms with van der Waals surface area (Å²) in [6.07, 6.45) is 9.17. The van der Waals surface area contributed by atoms with Gasteiger partial charge < -0.3 is 10.1 Å². The summed E-state index contributed by atoms with van der Waals surface area (Å²) < 4.78 is 5.50. The van der Waals surface area contributed by atoms with Gasteiger partial charge in [-0.3, -0.25) is 4.90 Å². The molecule has 1 aliphatic heterocycles. The van der Waals surface area contributed by atoms with Crippen LogP contribution in [0.5, 0.6) is 0 Å². The standard InChI is InChI=1S/C17H30N2O/c1-18-16(12-19-2-4-20-5-3-19)17-9-13-6-14(10-17)8-15(7-13)11-17/h13-16,18H,2-12H2,1H3. The smallest absolute Gasteiger partial charge is 0.0594 e. The van der Waals surface area contributed by atoms with E-state index in [1.807, 2.05) is 0 Å². The molecule has 0 amide bonds. The lowest BCUT2D eigenvalue weighted by molar-refractivity contribution is -0.0814. The Labute approximate surface area is 123 Å². The Bertz CT molecular complexity index is 316. The molecule has 4 bridgehead atoms. The molecule has 5 fully saturated rings. The first-order chi connectivity index (χ1) is 9.77. The number of ether oxygens (including phenoxy) is 1. The summed E-state index contributed by atoms with van der Waals surface area (Å²) in [5.74, 6) is 3.17. The molecule has 1 heterocycles. The molecule has 4 aliphatic carbocycles. The van der Waals surface area contributed by atoms with Crippen molar-refractivity contribution >= 4 is 0 Å². The van der Waals surface area contributed by atoms with Crippen LogP contribution in [0.15, 0.2) is 0 Å². The third-order valence-electron chi connectivity index (χ3n) is 6.72. The molecule has 0 radical (unpaired) electrons. The number of nitrogens with zero attached hydrogens (tertiary/aromatic N) is 1. The number of nitrogens with one attached hydrogen (secondary N) is 1. The Hall–Kier alpha value is -0.120. The lowest BCUT2D eigenvalue weighted by Gasteiger charge is -2.60. The SMILES string of the molecule is CNC(CN1CCOCC1)C12CC3CC(CC(C3)C1)C2. The summed E-state index contributed by atoms with van der Waals surface area (Å²) in [6.45, 7) is 5.36. The van der Waals surface area contributed by atoms with Crippen molar-refractivity contribution in [2.24, 2.45) is 23.2 Å². The molecule has 1 saturated heterocycles. The molecule has 1 unspecified atom stereocenters. The molecule has 1 N–H and O–H groups in total. The highest BCUT2D eigenvalue weighted by Crippen LogP contribution is 2.61. The van der Waals surface area contributed by atoms with Gasteiger partial charge in [0.25, 0.3) is 0 Å². The fraction of sp³-hybridized carbons (Fsp3) is 1.00. The Morgan fingerprint density at radius 3 is 2.10 bits per heavy atom. The fourth-order valence-corrected chi connectivity index (χ4v) is 6.24. The van der Waals surface area contributed by atoms with Gasteiger partial charge in [-0.05, 0) is 68.7 Å². The van der Waals surface area contributed by atoms with Crippen LogP contribution in [0, 0.1) is 23.2 Å².